The van der Waals surface area contributed by atoms with Crippen LogP contribution in [0.25, 0.3) is 0 Å². The third-order valence-electron chi connectivity index (χ3n) is 3.58. The van der Waals surface area contributed by atoms with E-state index < -0.39 is 0 Å². The number of likely N-dealkylation sites (tertiary alicyclic amines) is 1. The molecular weight excluding hydrogens is 259 g/mol. The molecule has 0 aromatic heterocycles. The molecule has 110 valence electrons. The predicted molar refractivity (Wildman–Crippen MR) is 76.9 cm³/mol. The van der Waals surface area contributed by atoms with E-state index in [4.69, 9.17) is 4.74 Å². The minimum atomic E-state index is -0.302. The molecule has 5 heteroatoms. The Kier molecular flexibility index (Phi) is 4.95. The van der Waals surface area contributed by atoms with E-state index in [1.165, 1.54) is 0 Å². The topological polar surface area (TPSA) is 41.6 Å². The number of amides is 1. The summed E-state index contributed by atoms with van der Waals surface area (Å²) in [6, 6.07) is 5.64. The number of anilines is 1. The number of methoxy groups -OCH3 is 1. The summed E-state index contributed by atoms with van der Waals surface area (Å²) in [5.41, 5.74) is 1.73. The second-order valence-corrected chi connectivity index (χ2v) is 5.30. The van der Waals surface area contributed by atoms with Crippen LogP contribution in [0.1, 0.15) is 12.0 Å². The van der Waals surface area contributed by atoms with Crippen LogP contribution in [0.2, 0.25) is 0 Å². The van der Waals surface area contributed by atoms with Crippen molar-refractivity contribution in [3.05, 3.63) is 23.8 Å². The molecule has 1 aromatic carbocycles. The van der Waals surface area contributed by atoms with Crippen molar-refractivity contribution in [2.24, 2.45) is 5.92 Å². The van der Waals surface area contributed by atoms with Gasteiger partial charge in [0.25, 0.3) is 0 Å². The average molecular weight is 280 g/mol. The highest BCUT2D eigenvalue weighted by atomic mass is 19.1. The lowest BCUT2D eigenvalue weighted by molar-refractivity contribution is -0.117. The van der Waals surface area contributed by atoms with Crippen LogP contribution in [0, 0.1) is 12.8 Å². The number of alkyl halides is 1. The Morgan fingerprint density at radius 2 is 2.35 bits per heavy atom. The smallest absolute Gasteiger partial charge is 0.238 e. The SMILES string of the molecule is COc1ccc(C)cc1NC(=O)CN1CCC(CF)C1. The van der Waals surface area contributed by atoms with Crippen molar-refractivity contribution < 1.29 is 13.9 Å². The number of hydrogen-bond donors (Lipinski definition) is 1. The fourth-order valence-electron chi connectivity index (χ4n) is 2.49. The third kappa shape index (κ3) is 3.70. The monoisotopic (exact) mass is 280 g/mol. The van der Waals surface area contributed by atoms with Gasteiger partial charge in [-0.1, -0.05) is 6.07 Å². The minimum Gasteiger partial charge on any atom is -0.495 e. The first-order valence-corrected chi connectivity index (χ1v) is 6.85. The summed E-state index contributed by atoms with van der Waals surface area (Å²) in [5, 5.41) is 2.86. The van der Waals surface area contributed by atoms with Gasteiger partial charge in [-0.3, -0.25) is 14.1 Å². The van der Waals surface area contributed by atoms with E-state index in [0.29, 0.717) is 24.5 Å². The Morgan fingerprint density at radius 1 is 1.55 bits per heavy atom. The Hall–Kier alpha value is -1.62. The molecule has 1 saturated heterocycles. The molecule has 1 atom stereocenters. The van der Waals surface area contributed by atoms with Gasteiger partial charge >= 0.3 is 0 Å². The number of carbonyl (C=O) groups excluding carboxylic acids is 1. The maximum Gasteiger partial charge on any atom is 0.238 e. The number of aryl methyl sites for hydroxylation is 1. The highest BCUT2D eigenvalue weighted by molar-refractivity contribution is 5.93. The molecule has 1 aliphatic rings. The Bertz CT molecular complexity index is 479. The van der Waals surface area contributed by atoms with Gasteiger partial charge in [-0.2, -0.15) is 0 Å². The van der Waals surface area contributed by atoms with E-state index in [9.17, 15) is 9.18 Å². The fraction of sp³-hybridized carbons (Fsp3) is 0.533. The van der Waals surface area contributed by atoms with Crippen LogP contribution in [-0.2, 0) is 4.79 Å². The zero-order valence-electron chi connectivity index (χ0n) is 12.0. The number of benzene rings is 1. The van der Waals surface area contributed by atoms with E-state index in [1.807, 2.05) is 30.0 Å². The molecule has 1 unspecified atom stereocenters. The predicted octanol–water partition coefficient (Wildman–Crippen LogP) is 2.23. The largest absolute Gasteiger partial charge is 0.495 e. The van der Waals surface area contributed by atoms with Crippen molar-refractivity contribution in [2.45, 2.75) is 13.3 Å². The van der Waals surface area contributed by atoms with Gasteiger partial charge in [-0.25, -0.2) is 0 Å². The number of halogens is 1. The summed E-state index contributed by atoms with van der Waals surface area (Å²) in [6.07, 6.45) is 0.831. The highest BCUT2D eigenvalue weighted by Gasteiger charge is 2.24. The van der Waals surface area contributed by atoms with E-state index in [-0.39, 0.29) is 18.5 Å². The van der Waals surface area contributed by atoms with Crippen molar-refractivity contribution in [3.63, 3.8) is 0 Å². The summed E-state index contributed by atoms with van der Waals surface area (Å²) < 4.78 is 17.8. The third-order valence-corrected chi connectivity index (χ3v) is 3.58. The van der Waals surface area contributed by atoms with Gasteiger partial charge in [0.05, 0.1) is 26.0 Å². The van der Waals surface area contributed by atoms with Crippen LogP contribution in [0.15, 0.2) is 18.2 Å². The standard InChI is InChI=1S/C15H21FN2O2/c1-11-3-4-14(20-2)13(7-11)17-15(19)10-18-6-5-12(8-16)9-18/h3-4,7,12H,5-6,8-10H2,1-2H3,(H,17,19). The number of nitrogens with one attached hydrogen (secondary N) is 1. The zero-order valence-corrected chi connectivity index (χ0v) is 12.0. The molecule has 1 aliphatic heterocycles. The second-order valence-electron chi connectivity index (χ2n) is 5.30. The number of carbonyl (C=O) groups is 1. The first-order chi connectivity index (χ1) is 9.62. The molecule has 0 bridgehead atoms. The van der Waals surface area contributed by atoms with Gasteiger partial charge in [-0.05, 0) is 37.6 Å². The first-order valence-electron chi connectivity index (χ1n) is 6.85. The molecule has 1 N–H and O–H groups in total. The molecule has 0 radical (unpaired) electrons. The van der Waals surface area contributed by atoms with E-state index in [2.05, 4.69) is 5.32 Å². The molecule has 1 heterocycles. The minimum absolute atomic E-state index is 0.0799. The van der Waals surface area contributed by atoms with Crippen molar-refractivity contribution >= 4 is 11.6 Å². The summed E-state index contributed by atoms with van der Waals surface area (Å²) in [4.78, 5) is 14.0. The van der Waals surface area contributed by atoms with Crippen molar-refractivity contribution in [3.8, 4) is 5.75 Å². The molecule has 0 aliphatic carbocycles. The molecule has 1 amide bonds. The molecule has 20 heavy (non-hydrogen) atoms. The molecule has 4 nitrogen and oxygen atoms in total. The average Bonchev–Trinajstić information content (AvgIpc) is 2.86. The Labute approximate surface area is 118 Å². The van der Waals surface area contributed by atoms with E-state index >= 15 is 0 Å². The molecule has 2 rings (SSSR count). The van der Waals surface area contributed by atoms with Gasteiger partial charge in [0.2, 0.25) is 5.91 Å². The van der Waals surface area contributed by atoms with Gasteiger partial charge in [0.1, 0.15) is 5.75 Å². The number of nitrogens with zero attached hydrogens (tertiary/aromatic N) is 1. The van der Waals surface area contributed by atoms with Gasteiger partial charge in [0, 0.05) is 12.5 Å². The van der Waals surface area contributed by atoms with Crippen LogP contribution in [0.5, 0.6) is 5.75 Å². The van der Waals surface area contributed by atoms with Crippen molar-refractivity contribution in [1.82, 2.24) is 4.90 Å². The van der Waals surface area contributed by atoms with E-state index in [1.54, 1.807) is 7.11 Å². The van der Waals surface area contributed by atoms with Crippen molar-refractivity contribution in [2.75, 3.05) is 38.7 Å². The van der Waals surface area contributed by atoms with Gasteiger partial charge in [0.15, 0.2) is 0 Å². The molecule has 0 spiro atoms. The highest BCUT2D eigenvalue weighted by Crippen LogP contribution is 2.25. The number of rotatable bonds is 5. The van der Waals surface area contributed by atoms with Gasteiger partial charge in [-0.15, -0.1) is 0 Å². The zero-order chi connectivity index (χ0) is 14.5. The van der Waals surface area contributed by atoms with Gasteiger partial charge < -0.3 is 10.1 Å². The first kappa shape index (κ1) is 14.8. The summed E-state index contributed by atoms with van der Waals surface area (Å²) in [7, 11) is 1.58. The quantitative estimate of drug-likeness (QED) is 0.899. The molecular formula is C15H21FN2O2. The second kappa shape index (κ2) is 6.70. The number of hydrogen-bond acceptors (Lipinski definition) is 3. The van der Waals surface area contributed by atoms with Crippen LogP contribution in [0.4, 0.5) is 10.1 Å². The molecule has 1 fully saturated rings. The van der Waals surface area contributed by atoms with Crippen molar-refractivity contribution in [1.29, 1.82) is 0 Å². The summed E-state index contributed by atoms with van der Waals surface area (Å²) in [6.45, 7) is 3.40. The Balaban J connectivity index is 1.93. The molecule has 1 aromatic rings. The lowest BCUT2D eigenvalue weighted by atomic mass is 10.1. The maximum atomic E-state index is 12.6. The molecule has 0 saturated carbocycles. The van der Waals surface area contributed by atoms with E-state index in [0.717, 1.165) is 18.5 Å². The fourth-order valence-corrected chi connectivity index (χ4v) is 2.49. The summed E-state index contributed by atoms with van der Waals surface area (Å²) in [5.74, 6) is 0.636. The van der Waals surface area contributed by atoms with Crippen LogP contribution < -0.4 is 10.1 Å². The maximum absolute atomic E-state index is 12.6. The van der Waals surface area contributed by atoms with Crippen LogP contribution >= 0.6 is 0 Å². The lowest BCUT2D eigenvalue weighted by Crippen LogP contribution is -2.31. The number of ether oxygens (including phenoxy) is 1. The Morgan fingerprint density at radius 3 is 3.00 bits per heavy atom. The van der Waals surface area contributed by atoms with Crippen LogP contribution in [0.3, 0.4) is 0 Å². The lowest BCUT2D eigenvalue weighted by Gasteiger charge is -2.16. The summed E-state index contributed by atoms with van der Waals surface area (Å²) >= 11 is 0. The van der Waals surface area contributed by atoms with Crippen LogP contribution in [-0.4, -0.2) is 44.2 Å². The normalized spacial score (nSPS) is 19.1.